The van der Waals surface area contributed by atoms with Gasteiger partial charge in [-0.2, -0.15) is 0 Å². The Balaban J connectivity index is -0.0000000105. The van der Waals surface area contributed by atoms with Crippen molar-refractivity contribution in [3.8, 4) is 24.2 Å². The number of rotatable bonds is 0. The molecular formula is C12H28. The van der Waals surface area contributed by atoms with Gasteiger partial charge in [-0.05, 0) is 20.8 Å². The fraction of sp³-hybridized carbons (Fsp3) is 0.667. The van der Waals surface area contributed by atoms with E-state index in [1.54, 1.807) is 6.92 Å². The third kappa shape index (κ3) is 41800. The second-order valence-electron chi connectivity index (χ2n) is 0.789. The van der Waals surface area contributed by atoms with Gasteiger partial charge in [0.2, 0.25) is 0 Å². The molecule has 0 aromatic rings. The summed E-state index contributed by atoms with van der Waals surface area (Å²) in [5.41, 5.74) is 0. The monoisotopic (exact) mass is 172 g/mol. The SMILES string of the molecule is C.C.C.C#CC.CC.CC#CC. The number of terminal acetylenes is 1. The van der Waals surface area contributed by atoms with Crippen molar-refractivity contribution in [3.63, 3.8) is 0 Å². The van der Waals surface area contributed by atoms with Crippen molar-refractivity contribution < 1.29 is 0 Å². The molecule has 0 aliphatic carbocycles. The van der Waals surface area contributed by atoms with Crippen LogP contribution in [0.4, 0.5) is 0 Å². The molecule has 0 rings (SSSR count). The summed E-state index contributed by atoms with van der Waals surface area (Å²) in [5, 5.41) is 0. The Bertz CT molecular complexity index is 87.4. The molecule has 0 N–H and O–H groups in total. The van der Waals surface area contributed by atoms with Gasteiger partial charge in [-0.25, -0.2) is 0 Å². The molecule has 0 aliphatic heterocycles. The van der Waals surface area contributed by atoms with E-state index in [0.717, 1.165) is 0 Å². The van der Waals surface area contributed by atoms with Crippen molar-refractivity contribution in [2.24, 2.45) is 0 Å². The Hall–Kier alpha value is -0.880. The van der Waals surface area contributed by atoms with E-state index in [1.165, 1.54) is 0 Å². The van der Waals surface area contributed by atoms with Crippen LogP contribution in [0.1, 0.15) is 56.9 Å². The maximum atomic E-state index is 4.60. The zero-order valence-corrected chi connectivity index (χ0v) is 7.08. The predicted octanol–water partition coefficient (Wildman–Crippen LogP) is 4.60. The lowest BCUT2D eigenvalue weighted by Crippen LogP contribution is -1.28. The smallest absolute Gasteiger partial charge is 0.00271 e. The number of hydrogen-bond acceptors (Lipinski definition) is 0. The van der Waals surface area contributed by atoms with Gasteiger partial charge in [-0.1, -0.05) is 36.1 Å². The van der Waals surface area contributed by atoms with E-state index in [2.05, 4.69) is 24.2 Å². The second-order valence-corrected chi connectivity index (χ2v) is 0.789. The highest BCUT2D eigenvalue weighted by Gasteiger charge is 1.26. The standard InChI is InChI=1S/C4H6.C3H4.C2H6.3CH4/c1-3-4-2;1-3-2;1-2;;;/h1-2H3;1H,2H3;1-2H3;3*1H4. The van der Waals surface area contributed by atoms with Gasteiger partial charge in [0.25, 0.3) is 0 Å². The fourth-order valence-electron chi connectivity index (χ4n) is 0. The van der Waals surface area contributed by atoms with Gasteiger partial charge < -0.3 is 0 Å². The van der Waals surface area contributed by atoms with Crippen LogP contribution in [0.2, 0.25) is 0 Å². The third-order valence-corrected chi connectivity index (χ3v) is 0.250. The molecular weight excluding hydrogens is 144 g/mol. The quantitative estimate of drug-likeness (QED) is 0.468. The molecule has 0 saturated heterocycles. The van der Waals surface area contributed by atoms with Crippen LogP contribution in [0.15, 0.2) is 0 Å². The number of hydrogen-bond donors (Lipinski definition) is 0. The molecule has 0 bridgehead atoms. The van der Waals surface area contributed by atoms with Crippen molar-refractivity contribution in [2.75, 3.05) is 0 Å². The zero-order chi connectivity index (χ0) is 8.12. The summed E-state index contributed by atoms with van der Waals surface area (Å²) in [5.74, 6) is 7.61. The normalized spacial score (nSPS) is 2.33. The van der Waals surface area contributed by atoms with E-state index in [1.807, 2.05) is 27.7 Å². The van der Waals surface area contributed by atoms with Crippen molar-refractivity contribution in [1.82, 2.24) is 0 Å². The highest BCUT2D eigenvalue weighted by Crippen LogP contribution is 1.39. The molecule has 0 aromatic heterocycles. The lowest BCUT2D eigenvalue weighted by molar-refractivity contribution is 1.50. The second kappa shape index (κ2) is 187. The van der Waals surface area contributed by atoms with Crippen molar-refractivity contribution in [1.29, 1.82) is 0 Å². The Morgan fingerprint density at radius 2 is 0.833 bits per heavy atom. The third-order valence-electron chi connectivity index (χ3n) is 0.250. The lowest BCUT2D eigenvalue weighted by atomic mass is 10.7. The Kier molecular flexibility index (Phi) is 678. The maximum Gasteiger partial charge on any atom is -0.00271 e. The maximum absolute atomic E-state index is 4.60. The van der Waals surface area contributed by atoms with Gasteiger partial charge in [0, 0.05) is 0 Å². The summed E-state index contributed by atoms with van der Waals surface area (Å²) in [6, 6.07) is 0. The minimum absolute atomic E-state index is 0. The minimum atomic E-state index is 0. The topological polar surface area (TPSA) is 0 Å². The molecule has 0 radical (unpaired) electrons. The van der Waals surface area contributed by atoms with Crippen molar-refractivity contribution in [3.05, 3.63) is 0 Å². The van der Waals surface area contributed by atoms with E-state index in [9.17, 15) is 0 Å². The minimum Gasteiger partial charge on any atom is -0.120 e. The predicted molar refractivity (Wildman–Crippen MR) is 65.2 cm³/mol. The van der Waals surface area contributed by atoms with Crippen LogP contribution in [0.25, 0.3) is 0 Å². The fourth-order valence-corrected chi connectivity index (χ4v) is 0. The summed E-state index contributed by atoms with van der Waals surface area (Å²) in [6.45, 7) is 9.29. The van der Waals surface area contributed by atoms with Crippen LogP contribution in [0, 0.1) is 24.2 Å². The summed E-state index contributed by atoms with van der Waals surface area (Å²) < 4.78 is 0. The van der Waals surface area contributed by atoms with Crippen LogP contribution in [0.3, 0.4) is 0 Å². The first-order chi connectivity index (χ1) is 4.33. The zero-order valence-electron chi connectivity index (χ0n) is 7.08. The summed E-state index contributed by atoms with van der Waals surface area (Å²) in [7, 11) is 0. The van der Waals surface area contributed by atoms with Gasteiger partial charge in [0.15, 0.2) is 0 Å². The van der Waals surface area contributed by atoms with E-state index in [0.29, 0.717) is 0 Å². The highest BCUT2D eigenvalue weighted by molar-refractivity contribution is 4.89. The van der Waals surface area contributed by atoms with Crippen LogP contribution < -0.4 is 0 Å². The first-order valence-corrected chi connectivity index (χ1v) is 3.04. The van der Waals surface area contributed by atoms with Crippen LogP contribution in [-0.2, 0) is 0 Å². The van der Waals surface area contributed by atoms with Gasteiger partial charge in [0.1, 0.15) is 0 Å². The Morgan fingerprint density at radius 1 is 0.750 bits per heavy atom. The molecule has 0 nitrogen and oxygen atoms in total. The van der Waals surface area contributed by atoms with Crippen LogP contribution in [0.5, 0.6) is 0 Å². The van der Waals surface area contributed by atoms with Gasteiger partial charge in [-0.3, -0.25) is 0 Å². The van der Waals surface area contributed by atoms with Crippen LogP contribution in [-0.4, -0.2) is 0 Å². The van der Waals surface area contributed by atoms with E-state index in [4.69, 9.17) is 0 Å². The van der Waals surface area contributed by atoms with Gasteiger partial charge in [-0.15, -0.1) is 24.2 Å². The molecule has 0 atom stereocenters. The molecule has 0 heterocycles. The first kappa shape index (κ1) is 43.4. The molecule has 12 heavy (non-hydrogen) atoms. The largest absolute Gasteiger partial charge is 0.120 e. The highest BCUT2D eigenvalue weighted by atomic mass is 13.3. The average Bonchev–Trinajstić information content (AvgIpc) is 1.94. The summed E-state index contributed by atoms with van der Waals surface area (Å²) >= 11 is 0. The average molecular weight is 172 g/mol. The molecule has 0 aromatic carbocycles. The molecule has 0 fully saturated rings. The van der Waals surface area contributed by atoms with E-state index < -0.39 is 0 Å². The van der Waals surface area contributed by atoms with E-state index in [-0.39, 0.29) is 22.3 Å². The van der Waals surface area contributed by atoms with Gasteiger partial charge >= 0.3 is 0 Å². The molecule has 0 saturated carbocycles. The Morgan fingerprint density at radius 3 is 0.833 bits per heavy atom. The first-order valence-electron chi connectivity index (χ1n) is 3.04. The molecule has 76 valence electrons. The van der Waals surface area contributed by atoms with Crippen molar-refractivity contribution >= 4 is 0 Å². The molecule has 0 aliphatic rings. The van der Waals surface area contributed by atoms with Crippen LogP contribution >= 0.6 is 0 Å². The molecule has 0 unspecified atom stereocenters. The molecule has 0 spiro atoms. The van der Waals surface area contributed by atoms with Gasteiger partial charge in [0.05, 0.1) is 0 Å². The molecule has 0 amide bonds. The van der Waals surface area contributed by atoms with Crippen molar-refractivity contribution in [2.45, 2.75) is 56.9 Å². The summed E-state index contributed by atoms with van der Waals surface area (Å²) in [6.07, 6.45) is 4.60. The molecule has 0 heteroatoms. The van der Waals surface area contributed by atoms with E-state index >= 15 is 0 Å². The summed E-state index contributed by atoms with van der Waals surface area (Å²) in [4.78, 5) is 0. The lowest BCUT2D eigenvalue weighted by Gasteiger charge is -1.40. The Labute approximate surface area is 81.8 Å².